The molecule has 1 aromatic rings. The van der Waals surface area contributed by atoms with Crippen LogP contribution in [0.15, 0.2) is 6.07 Å². The van der Waals surface area contributed by atoms with Crippen molar-refractivity contribution in [3.05, 3.63) is 21.4 Å². The van der Waals surface area contributed by atoms with Gasteiger partial charge in [0.1, 0.15) is 0 Å². The van der Waals surface area contributed by atoms with Crippen LogP contribution in [-0.4, -0.2) is 6.54 Å². The molecule has 0 saturated carbocycles. The molecule has 1 N–H and O–H groups in total. The third-order valence-electron chi connectivity index (χ3n) is 4.66. The summed E-state index contributed by atoms with van der Waals surface area (Å²) >= 11 is 2.09. The molecule has 2 heteroatoms. The van der Waals surface area contributed by atoms with Gasteiger partial charge in [-0.25, -0.2) is 0 Å². The molecule has 0 fully saturated rings. The Morgan fingerprint density at radius 3 is 2.57 bits per heavy atom. The number of aryl methyl sites for hydroxylation is 2. The van der Waals surface area contributed by atoms with Gasteiger partial charge in [-0.15, -0.1) is 11.3 Å². The highest BCUT2D eigenvalue weighted by Gasteiger charge is 2.18. The summed E-state index contributed by atoms with van der Waals surface area (Å²) < 4.78 is 0. The van der Waals surface area contributed by atoms with Gasteiger partial charge in [0.05, 0.1) is 0 Å². The SMILES string of the molecule is CCCCCCCCC(NCC)c1cc2c(s1)CCCC2. The predicted molar refractivity (Wildman–Crippen MR) is 95.4 cm³/mol. The zero-order chi connectivity index (χ0) is 14.9. The fourth-order valence-corrected chi connectivity index (χ4v) is 4.77. The van der Waals surface area contributed by atoms with Crippen molar-refractivity contribution >= 4 is 11.3 Å². The molecule has 1 atom stereocenters. The first-order valence-electron chi connectivity index (χ1n) is 9.20. The van der Waals surface area contributed by atoms with Gasteiger partial charge in [0.15, 0.2) is 0 Å². The van der Waals surface area contributed by atoms with Crippen LogP contribution in [0.25, 0.3) is 0 Å². The summed E-state index contributed by atoms with van der Waals surface area (Å²) in [6.07, 6.45) is 15.2. The monoisotopic (exact) mass is 307 g/mol. The lowest BCUT2D eigenvalue weighted by Crippen LogP contribution is -2.19. The Morgan fingerprint density at radius 2 is 1.81 bits per heavy atom. The first kappa shape index (κ1) is 17.0. The van der Waals surface area contributed by atoms with Crippen LogP contribution in [0, 0.1) is 0 Å². The number of fused-ring (bicyclic) bond motifs is 1. The molecule has 0 aliphatic heterocycles. The predicted octanol–water partition coefficient (Wildman–Crippen LogP) is 6.03. The van der Waals surface area contributed by atoms with Crippen molar-refractivity contribution in [2.75, 3.05) is 6.54 Å². The average molecular weight is 308 g/mol. The van der Waals surface area contributed by atoms with E-state index in [0.29, 0.717) is 6.04 Å². The summed E-state index contributed by atoms with van der Waals surface area (Å²) in [6.45, 7) is 5.62. The van der Waals surface area contributed by atoms with Gasteiger partial charge in [0.2, 0.25) is 0 Å². The number of rotatable bonds is 10. The number of nitrogens with one attached hydrogen (secondary N) is 1. The fraction of sp³-hybridized carbons (Fsp3) is 0.789. The lowest BCUT2D eigenvalue weighted by atomic mass is 9.98. The van der Waals surface area contributed by atoms with Gasteiger partial charge in [0.25, 0.3) is 0 Å². The van der Waals surface area contributed by atoms with Crippen LogP contribution in [0.4, 0.5) is 0 Å². The first-order chi connectivity index (χ1) is 10.3. The second-order valence-electron chi connectivity index (χ2n) is 6.47. The van der Waals surface area contributed by atoms with Gasteiger partial charge in [-0.1, -0.05) is 52.4 Å². The summed E-state index contributed by atoms with van der Waals surface area (Å²) in [5, 5.41) is 3.72. The third kappa shape index (κ3) is 5.41. The molecule has 120 valence electrons. The average Bonchev–Trinajstić information content (AvgIpc) is 2.93. The van der Waals surface area contributed by atoms with E-state index in [4.69, 9.17) is 0 Å². The Balaban J connectivity index is 1.82. The normalized spacial score (nSPS) is 15.9. The maximum atomic E-state index is 3.72. The van der Waals surface area contributed by atoms with Crippen LogP contribution in [0.2, 0.25) is 0 Å². The summed E-state index contributed by atoms with van der Waals surface area (Å²) in [5.41, 5.74) is 1.66. The largest absolute Gasteiger partial charge is 0.310 e. The van der Waals surface area contributed by atoms with Crippen LogP contribution < -0.4 is 5.32 Å². The minimum absolute atomic E-state index is 0.608. The van der Waals surface area contributed by atoms with Crippen LogP contribution in [0.1, 0.15) is 93.0 Å². The molecule has 0 saturated heterocycles. The molecule has 1 aromatic heterocycles. The molecule has 21 heavy (non-hydrogen) atoms. The van der Waals surface area contributed by atoms with Crippen molar-refractivity contribution in [2.45, 2.75) is 90.5 Å². The van der Waals surface area contributed by atoms with Crippen LogP contribution in [0.5, 0.6) is 0 Å². The van der Waals surface area contributed by atoms with Gasteiger partial charge in [-0.3, -0.25) is 0 Å². The van der Waals surface area contributed by atoms with E-state index < -0.39 is 0 Å². The molecule has 0 aromatic carbocycles. The summed E-state index contributed by atoms with van der Waals surface area (Å²) in [6, 6.07) is 3.13. The van der Waals surface area contributed by atoms with Crippen molar-refractivity contribution in [2.24, 2.45) is 0 Å². The molecule has 0 amide bonds. The lowest BCUT2D eigenvalue weighted by Gasteiger charge is -2.16. The molecule has 1 unspecified atom stereocenters. The summed E-state index contributed by atoms with van der Waals surface area (Å²) in [4.78, 5) is 3.29. The van der Waals surface area contributed by atoms with Crippen LogP contribution in [-0.2, 0) is 12.8 Å². The Kier molecular flexibility index (Phi) is 7.81. The first-order valence-corrected chi connectivity index (χ1v) is 10.0. The maximum absolute atomic E-state index is 3.72. The van der Waals surface area contributed by atoms with Crippen molar-refractivity contribution < 1.29 is 0 Å². The molecule has 1 aliphatic carbocycles. The Morgan fingerprint density at radius 1 is 1.05 bits per heavy atom. The van der Waals surface area contributed by atoms with E-state index in [1.54, 1.807) is 15.3 Å². The smallest absolute Gasteiger partial charge is 0.0414 e. The number of hydrogen-bond donors (Lipinski definition) is 1. The van der Waals surface area contributed by atoms with E-state index in [2.05, 4.69) is 36.6 Å². The van der Waals surface area contributed by atoms with Crippen LogP contribution >= 0.6 is 11.3 Å². The number of hydrogen-bond acceptors (Lipinski definition) is 2. The Labute approximate surface area is 135 Å². The zero-order valence-corrected chi connectivity index (χ0v) is 14.9. The molecule has 1 aliphatic rings. The van der Waals surface area contributed by atoms with Gasteiger partial charge < -0.3 is 5.32 Å². The van der Waals surface area contributed by atoms with Crippen LogP contribution in [0.3, 0.4) is 0 Å². The molecule has 0 radical (unpaired) electrons. The molecule has 0 bridgehead atoms. The van der Waals surface area contributed by atoms with Gasteiger partial charge >= 0.3 is 0 Å². The van der Waals surface area contributed by atoms with Gasteiger partial charge in [-0.05, 0) is 50.3 Å². The third-order valence-corrected chi connectivity index (χ3v) is 6.01. The Hall–Kier alpha value is -0.340. The highest BCUT2D eigenvalue weighted by Crippen LogP contribution is 2.34. The number of unbranched alkanes of at least 4 members (excludes halogenated alkanes) is 5. The lowest BCUT2D eigenvalue weighted by molar-refractivity contribution is 0.482. The second-order valence-corrected chi connectivity index (χ2v) is 7.64. The van der Waals surface area contributed by atoms with Crippen molar-refractivity contribution in [3.63, 3.8) is 0 Å². The molecule has 1 nitrogen and oxygen atoms in total. The fourth-order valence-electron chi connectivity index (χ4n) is 3.41. The van der Waals surface area contributed by atoms with Gasteiger partial charge in [-0.2, -0.15) is 0 Å². The molecular weight excluding hydrogens is 274 g/mol. The molecule has 1 heterocycles. The summed E-state index contributed by atoms with van der Waals surface area (Å²) in [5.74, 6) is 0. The van der Waals surface area contributed by atoms with E-state index in [-0.39, 0.29) is 0 Å². The molecular formula is C19H33NS. The number of thiophene rings is 1. The second kappa shape index (κ2) is 9.63. The van der Waals surface area contributed by atoms with Crippen molar-refractivity contribution in [1.82, 2.24) is 5.32 Å². The van der Waals surface area contributed by atoms with Crippen molar-refractivity contribution in [1.29, 1.82) is 0 Å². The minimum Gasteiger partial charge on any atom is -0.310 e. The Bertz CT molecular complexity index is 373. The standard InChI is InChI=1S/C19H33NS/c1-3-5-6-7-8-9-13-17(20-4-2)19-15-16-12-10-11-14-18(16)21-19/h15,17,20H,3-14H2,1-2H3. The minimum atomic E-state index is 0.608. The van der Waals surface area contributed by atoms with E-state index in [9.17, 15) is 0 Å². The highest BCUT2D eigenvalue weighted by atomic mass is 32.1. The quantitative estimate of drug-likeness (QED) is 0.520. The molecule has 0 spiro atoms. The van der Waals surface area contributed by atoms with E-state index in [1.165, 1.54) is 70.6 Å². The van der Waals surface area contributed by atoms with E-state index >= 15 is 0 Å². The topological polar surface area (TPSA) is 12.0 Å². The summed E-state index contributed by atoms with van der Waals surface area (Å²) in [7, 11) is 0. The van der Waals surface area contributed by atoms with Crippen molar-refractivity contribution in [3.8, 4) is 0 Å². The highest BCUT2D eigenvalue weighted by molar-refractivity contribution is 7.12. The van der Waals surface area contributed by atoms with E-state index in [1.807, 2.05) is 0 Å². The van der Waals surface area contributed by atoms with E-state index in [0.717, 1.165) is 6.54 Å². The van der Waals surface area contributed by atoms with Gasteiger partial charge in [0, 0.05) is 15.8 Å². The maximum Gasteiger partial charge on any atom is 0.0414 e. The zero-order valence-electron chi connectivity index (χ0n) is 14.0. The molecule has 2 rings (SSSR count).